The number of methoxy groups -OCH3 is 1. The molecule has 0 unspecified atom stereocenters. The van der Waals surface area contributed by atoms with Gasteiger partial charge in [-0.25, -0.2) is 4.98 Å². The zero-order valence-electron chi connectivity index (χ0n) is 16.6. The predicted molar refractivity (Wildman–Crippen MR) is 108 cm³/mol. The lowest BCUT2D eigenvalue weighted by atomic mass is 10.3. The van der Waals surface area contributed by atoms with Crippen molar-refractivity contribution in [3.63, 3.8) is 0 Å². The van der Waals surface area contributed by atoms with Gasteiger partial charge in [0, 0.05) is 50.6 Å². The molecule has 28 heavy (non-hydrogen) atoms. The summed E-state index contributed by atoms with van der Waals surface area (Å²) in [6.45, 7) is 7.45. The molecule has 1 N–H and O–H groups in total. The van der Waals surface area contributed by atoms with Crippen LogP contribution in [0.1, 0.15) is 12.6 Å². The van der Waals surface area contributed by atoms with Crippen LogP contribution in [-0.4, -0.2) is 67.2 Å². The van der Waals surface area contributed by atoms with E-state index in [1.54, 1.807) is 13.2 Å². The Hall–Kier alpha value is -3.03. The van der Waals surface area contributed by atoms with Gasteiger partial charge < -0.3 is 24.6 Å². The fourth-order valence-electron chi connectivity index (χ4n) is 3.05. The monoisotopic (exact) mass is 385 g/mol. The Bertz CT molecular complexity index is 806. The van der Waals surface area contributed by atoms with Gasteiger partial charge >= 0.3 is 0 Å². The van der Waals surface area contributed by atoms with Crippen molar-refractivity contribution in [3.8, 4) is 11.5 Å². The van der Waals surface area contributed by atoms with Crippen molar-refractivity contribution in [1.29, 1.82) is 0 Å². The molecule has 0 aliphatic carbocycles. The number of piperazine rings is 1. The van der Waals surface area contributed by atoms with Gasteiger partial charge in [0.15, 0.2) is 6.61 Å². The summed E-state index contributed by atoms with van der Waals surface area (Å²) in [6.07, 6.45) is 0. The Labute approximate surface area is 165 Å². The first-order valence-electron chi connectivity index (χ1n) is 9.48. The molecule has 0 saturated carbocycles. The Morgan fingerprint density at radius 2 is 1.89 bits per heavy atom. The average Bonchev–Trinajstić information content (AvgIpc) is 2.72. The van der Waals surface area contributed by atoms with E-state index in [-0.39, 0.29) is 12.5 Å². The van der Waals surface area contributed by atoms with E-state index in [1.807, 2.05) is 43.0 Å². The summed E-state index contributed by atoms with van der Waals surface area (Å²) in [5.41, 5.74) is 0.922. The molecule has 1 amide bonds. The molecule has 2 aromatic rings. The van der Waals surface area contributed by atoms with Crippen LogP contribution in [0, 0.1) is 6.92 Å². The predicted octanol–water partition coefficient (Wildman–Crippen LogP) is 1.95. The summed E-state index contributed by atoms with van der Waals surface area (Å²) in [4.78, 5) is 25.5. The van der Waals surface area contributed by atoms with Gasteiger partial charge in [-0.05, 0) is 26.0 Å². The molecule has 1 saturated heterocycles. The summed E-state index contributed by atoms with van der Waals surface area (Å²) >= 11 is 0. The first kappa shape index (κ1) is 19.7. The number of amides is 1. The van der Waals surface area contributed by atoms with Gasteiger partial charge in [0.2, 0.25) is 5.95 Å². The molecule has 1 aliphatic heterocycles. The number of rotatable bonds is 7. The van der Waals surface area contributed by atoms with Crippen molar-refractivity contribution in [2.45, 2.75) is 13.8 Å². The van der Waals surface area contributed by atoms with Gasteiger partial charge in [-0.2, -0.15) is 4.98 Å². The second kappa shape index (κ2) is 9.25. The lowest BCUT2D eigenvalue weighted by molar-refractivity contribution is -0.133. The number of hydrogen-bond donors (Lipinski definition) is 1. The molecular weight excluding hydrogens is 358 g/mol. The minimum absolute atomic E-state index is 0.0126. The van der Waals surface area contributed by atoms with E-state index in [4.69, 9.17) is 9.47 Å². The first-order valence-corrected chi connectivity index (χ1v) is 9.48. The van der Waals surface area contributed by atoms with E-state index < -0.39 is 0 Å². The molecular formula is C20H27N5O3. The normalized spacial score (nSPS) is 14.0. The number of aromatic nitrogens is 2. The lowest BCUT2D eigenvalue weighted by Crippen LogP contribution is -2.50. The molecule has 3 rings (SSSR count). The second-order valence-electron chi connectivity index (χ2n) is 6.56. The fraction of sp³-hybridized carbons (Fsp3) is 0.450. The molecule has 0 bridgehead atoms. The SMILES string of the molecule is CCNc1cc(C)nc(N2CCN(C(=O)COc3cccc(OC)c3)CC2)n1. The largest absolute Gasteiger partial charge is 0.497 e. The van der Waals surface area contributed by atoms with E-state index in [0.717, 1.165) is 18.1 Å². The van der Waals surface area contributed by atoms with Crippen LogP contribution in [-0.2, 0) is 4.79 Å². The second-order valence-corrected chi connectivity index (χ2v) is 6.56. The van der Waals surface area contributed by atoms with E-state index in [1.165, 1.54) is 0 Å². The molecule has 1 aromatic carbocycles. The third kappa shape index (κ3) is 5.03. The lowest BCUT2D eigenvalue weighted by Gasteiger charge is -2.34. The highest BCUT2D eigenvalue weighted by molar-refractivity contribution is 5.78. The van der Waals surface area contributed by atoms with Crippen LogP contribution in [0.3, 0.4) is 0 Å². The van der Waals surface area contributed by atoms with Gasteiger partial charge in [0.25, 0.3) is 5.91 Å². The summed E-state index contributed by atoms with van der Waals surface area (Å²) in [7, 11) is 1.60. The number of anilines is 2. The number of hydrogen-bond acceptors (Lipinski definition) is 7. The van der Waals surface area contributed by atoms with Gasteiger partial charge in [-0.1, -0.05) is 6.07 Å². The number of carbonyl (C=O) groups is 1. The van der Waals surface area contributed by atoms with Gasteiger partial charge in [-0.15, -0.1) is 0 Å². The summed E-state index contributed by atoms with van der Waals surface area (Å²) in [5.74, 6) is 2.83. The quantitative estimate of drug-likeness (QED) is 0.780. The number of carbonyl (C=O) groups excluding carboxylic acids is 1. The Balaban J connectivity index is 1.52. The number of nitrogens with one attached hydrogen (secondary N) is 1. The van der Waals surface area contributed by atoms with Crippen LogP contribution < -0.4 is 19.7 Å². The maximum Gasteiger partial charge on any atom is 0.260 e. The Morgan fingerprint density at radius 1 is 1.14 bits per heavy atom. The molecule has 0 atom stereocenters. The molecule has 150 valence electrons. The highest BCUT2D eigenvalue weighted by Gasteiger charge is 2.23. The molecule has 1 fully saturated rings. The number of nitrogens with zero attached hydrogens (tertiary/aromatic N) is 4. The maximum absolute atomic E-state index is 12.5. The van der Waals surface area contributed by atoms with E-state index in [9.17, 15) is 4.79 Å². The molecule has 1 aromatic heterocycles. The van der Waals surface area contributed by atoms with Crippen molar-refractivity contribution in [3.05, 3.63) is 36.0 Å². The van der Waals surface area contributed by atoms with Crippen molar-refractivity contribution < 1.29 is 14.3 Å². The molecule has 1 aliphatic rings. The third-order valence-corrected chi connectivity index (χ3v) is 4.52. The Morgan fingerprint density at radius 3 is 2.61 bits per heavy atom. The summed E-state index contributed by atoms with van der Waals surface area (Å²) in [5, 5.41) is 3.23. The standard InChI is InChI=1S/C20H27N5O3/c1-4-21-18-12-15(2)22-20(23-18)25-10-8-24(9-11-25)19(26)14-28-17-7-5-6-16(13-17)27-3/h5-7,12-13H,4,8-11,14H2,1-3H3,(H,21,22,23). The van der Waals surface area contributed by atoms with Crippen molar-refractivity contribution >= 4 is 17.7 Å². The molecule has 2 heterocycles. The number of ether oxygens (including phenoxy) is 2. The molecule has 0 radical (unpaired) electrons. The molecule has 8 nitrogen and oxygen atoms in total. The third-order valence-electron chi connectivity index (χ3n) is 4.52. The number of aryl methyl sites for hydroxylation is 1. The highest BCUT2D eigenvalue weighted by atomic mass is 16.5. The van der Waals surface area contributed by atoms with Crippen LogP contribution in [0.2, 0.25) is 0 Å². The van der Waals surface area contributed by atoms with Crippen molar-refractivity contribution in [1.82, 2.24) is 14.9 Å². The fourth-order valence-corrected chi connectivity index (χ4v) is 3.05. The van der Waals surface area contributed by atoms with Crippen LogP contribution in [0.4, 0.5) is 11.8 Å². The van der Waals surface area contributed by atoms with Gasteiger partial charge in [0.1, 0.15) is 17.3 Å². The molecule has 0 spiro atoms. The highest BCUT2D eigenvalue weighted by Crippen LogP contribution is 2.19. The van der Waals surface area contributed by atoms with Gasteiger partial charge in [-0.3, -0.25) is 4.79 Å². The minimum atomic E-state index is -0.0269. The van der Waals surface area contributed by atoms with Crippen LogP contribution in [0.5, 0.6) is 11.5 Å². The van der Waals surface area contributed by atoms with Gasteiger partial charge in [0.05, 0.1) is 7.11 Å². The summed E-state index contributed by atoms with van der Waals surface area (Å²) < 4.78 is 10.8. The van der Waals surface area contributed by atoms with Crippen LogP contribution in [0.15, 0.2) is 30.3 Å². The zero-order chi connectivity index (χ0) is 19.9. The molecule has 8 heteroatoms. The van der Waals surface area contributed by atoms with Crippen LogP contribution >= 0.6 is 0 Å². The smallest absolute Gasteiger partial charge is 0.260 e. The average molecular weight is 385 g/mol. The minimum Gasteiger partial charge on any atom is -0.497 e. The van der Waals surface area contributed by atoms with E-state index in [0.29, 0.717) is 43.6 Å². The van der Waals surface area contributed by atoms with E-state index >= 15 is 0 Å². The van der Waals surface area contributed by atoms with Crippen molar-refractivity contribution in [2.75, 3.05) is 56.7 Å². The Kier molecular flexibility index (Phi) is 6.52. The first-order chi connectivity index (χ1) is 13.6. The summed E-state index contributed by atoms with van der Waals surface area (Å²) in [6, 6.07) is 9.18. The van der Waals surface area contributed by atoms with E-state index in [2.05, 4.69) is 20.2 Å². The van der Waals surface area contributed by atoms with Crippen molar-refractivity contribution in [2.24, 2.45) is 0 Å². The topological polar surface area (TPSA) is 79.8 Å². The zero-order valence-corrected chi connectivity index (χ0v) is 16.6. The van der Waals surface area contributed by atoms with Crippen LogP contribution in [0.25, 0.3) is 0 Å². The maximum atomic E-state index is 12.5. The number of benzene rings is 1.